The fourth-order valence-electron chi connectivity index (χ4n) is 1.33. The Morgan fingerprint density at radius 1 is 1.15 bits per heavy atom. The molecule has 0 nitrogen and oxygen atoms in total. The SMILES string of the molecule is Cc1[c]sc(-c2cccc(C)c2)c1. The highest BCUT2D eigenvalue weighted by atomic mass is 32.1. The van der Waals surface area contributed by atoms with Gasteiger partial charge in [-0.3, -0.25) is 0 Å². The second-order valence-corrected chi connectivity index (χ2v) is 4.11. The van der Waals surface area contributed by atoms with E-state index >= 15 is 0 Å². The second-order valence-electron chi connectivity index (χ2n) is 3.27. The number of aryl methyl sites for hydroxylation is 2. The standard InChI is InChI=1S/C12H11S/c1-9-4-3-5-11(6-9)12-7-10(2)8-13-12/h3-7H,1-2H3. The first-order valence-corrected chi connectivity index (χ1v) is 5.12. The van der Waals surface area contributed by atoms with Crippen molar-refractivity contribution in [2.45, 2.75) is 13.8 Å². The molecule has 0 unspecified atom stereocenters. The van der Waals surface area contributed by atoms with Gasteiger partial charge in [-0.15, -0.1) is 11.3 Å². The van der Waals surface area contributed by atoms with Gasteiger partial charge in [0.2, 0.25) is 0 Å². The van der Waals surface area contributed by atoms with E-state index in [2.05, 4.69) is 49.6 Å². The minimum Gasteiger partial charge on any atom is -0.134 e. The van der Waals surface area contributed by atoms with Gasteiger partial charge in [0.15, 0.2) is 0 Å². The van der Waals surface area contributed by atoms with Crippen LogP contribution in [0.4, 0.5) is 0 Å². The average molecular weight is 187 g/mol. The van der Waals surface area contributed by atoms with Gasteiger partial charge in [-0.25, -0.2) is 0 Å². The lowest BCUT2D eigenvalue weighted by molar-refractivity contribution is 1.47. The van der Waals surface area contributed by atoms with Crippen molar-refractivity contribution in [3.05, 3.63) is 46.8 Å². The summed E-state index contributed by atoms with van der Waals surface area (Å²) in [6.07, 6.45) is 0. The van der Waals surface area contributed by atoms with Crippen LogP contribution >= 0.6 is 11.3 Å². The first-order valence-electron chi connectivity index (χ1n) is 4.31. The van der Waals surface area contributed by atoms with E-state index in [4.69, 9.17) is 0 Å². The van der Waals surface area contributed by atoms with Crippen LogP contribution in [-0.2, 0) is 0 Å². The molecule has 65 valence electrons. The lowest BCUT2D eigenvalue weighted by Crippen LogP contribution is -1.74. The van der Waals surface area contributed by atoms with Crippen LogP contribution in [0.1, 0.15) is 11.1 Å². The molecule has 0 fully saturated rings. The summed E-state index contributed by atoms with van der Waals surface area (Å²) < 4.78 is 0. The van der Waals surface area contributed by atoms with Crippen LogP contribution in [0.15, 0.2) is 30.3 Å². The molecule has 0 spiro atoms. The third-order valence-corrected chi connectivity index (χ3v) is 2.97. The van der Waals surface area contributed by atoms with Crippen molar-refractivity contribution in [2.24, 2.45) is 0 Å². The van der Waals surface area contributed by atoms with E-state index in [1.807, 2.05) is 0 Å². The summed E-state index contributed by atoms with van der Waals surface area (Å²) >= 11 is 1.69. The van der Waals surface area contributed by atoms with Gasteiger partial charge in [-0.05, 0) is 31.0 Å². The van der Waals surface area contributed by atoms with Gasteiger partial charge in [-0.2, -0.15) is 0 Å². The van der Waals surface area contributed by atoms with Gasteiger partial charge >= 0.3 is 0 Å². The molecule has 0 amide bonds. The van der Waals surface area contributed by atoms with Gasteiger partial charge < -0.3 is 0 Å². The van der Waals surface area contributed by atoms with E-state index in [1.54, 1.807) is 11.3 Å². The van der Waals surface area contributed by atoms with Gasteiger partial charge in [-0.1, -0.05) is 29.8 Å². The summed E-state index contributed by atoms with van der Waals surface area (Å²) in [4.78, 5) is 1.31. The molecule has 0 aliphatic carbocycles. The molecule has 0 saturated heterocycles. The molecular weight excluding hydrogens is 176 g/mol. The smallest absolute Gasteiger partial charge is 0.0481 e. The van der Waals surface area contributed by atoms with Crippen molar-refractivity contribution < 1.29 is 0 Å². The lowest BCUT2D eigenvalue weighted by Gasteiger charge is -1.97. The summed E-state index contributed by atoms with van der Waals surface area (Å²) in [5.74, 6) is 0. The minimum atomic E-state index is 1.22. The van der Waals surface area contributed by atoms with Crippen molar-refractivity contribution in [1.29, 1.82) is 0 Å². The van der Waals surface area contributed by atoms with Gasteiger partial charge in [0.25, 0.3) is 0 Å². The van der Waals surface area contributed by atoms with Crippen molar-refractivity contribution in [2.75, 3.05) is 0 Å². The maximum Gasteiger partial charge on any atom is 0.0481 e. The minimum absolute atomic E-state index is 1.22. The van der Waals surface area contributed by atoms with Crippen LogP contribution in [0.2, 0.25) is 0 Å². The van der Waals surface area contributed by atoms with Crippen molar-refractivity contribution in [1.82, 2.24) is 0 Å². The Morgan fingerprint density at radius 2 is 2.00 bits per heavy atom. The quantitative estimate of drug-likeness (QED) is 0.636. The molecule has 1 heteroatoms. The summed E-state index contributed by atoms with van der Waals surface area (Å²) in [6.45, 7) is 4.20. The summed E-state index contributed by atoms with van der Waals surface area (Å²) in [7, 11) is 0. The van der Waals surface area contributed by atoms with E-state index in [-0.39, 0.29) is 0 Å². The maximum atomic E-state index is 3.23. The normalized spacial score (nSPS) is 10.3. The van der Waals surface area contributed by atoms with E-state index < -0.39 is 0 Å². The molecule has 0 atom stereocenters. The predicted octanol–water partition coefficient (Wildman–Crippen LogP) is 3.83. The summed E-state index contributed by atoms with van der Waals surface area (Å²) in [5.41, 5.74) is 3.83. The molecular formula is C12H11S. The Bertz CT molecular complexity index is 413. The number of rotatable bonds is 1. The van der Waals surface area contributed by atoms with E-state index in [0.717, 1.165) is 0 Å². The number of thiophene rings is 1. The largest absolute Gasteiger partial charge is 0.134 e. The van der Waals surface area contributed by atoms with Gasteiger partial charge in [0.1, 0.15) is 0 Å². The fourth-order valence-corrected chi connectivity index (χ4v) is 2.14. The van der Waals surface area contributed by atoms with Gasteiger partial charge in [0, 0.05) is 10.3 Å². The number of hydrogen-bond donors (Lipinski definition) is 0. The van der Waals surface area contributed by atoms with Crippen LogP contribution in [-0.4, -0.2) is 0 Å². The lowest BCUT2D eigenvalue weighted by atomic mass is 10.1. The van der Waals surface area contributed by atoms with Crippen molar-refractivity contribution in [3.8, 4) is 10.4 Å². The second kappa shape index (κ2) is 3.35. The first kappa shape index (κ1) is 8.52. The zero-order chi connectivity index (χ0) is 9.26. The van der Waals surface area contributed by atoms with Crippen molar-refractivity contribution >= 4 is 11.3 Å². The Labute approximate surface area is 82.9 Å². The van der Waals surface area contributed by atoms with E-state index in [9.17, 15) is 0 Å². The molecule has 0 saturated carbocycles. The molecule has 0 bridgehead atoms. The van der Waals surface area contributed by atoms with Crippen LogP contribution in [0.25, 0.3) is 10.4 Å². The first-order chi connectivity index (χ1) is 6.25. The number of benzene rings is 1. The molecule has 1 radical (unpaired) electrons. The average Bonchev–Trinajstić information content (AvgIpc) is 2.52. The van der Waals surface area contributed by atoms with Gasteiger partial charge in [0.05, 0.1) is 0 Å². The Morgan fingerprint density at radius 3 is 2.62 bits per heavy atom. The Hall–Kier alpha value is -1.08. The maximum absolute atomic E-state index is 3.23. The summed E-state index contributed by atoms with van der Waals surface area (Å²) in [5, 5.41) is 3.23. The predicted molar refractivity (Wildman–Crippen MR) is 58.1 cm³/mol. The Balaban J connectivity index is 2.46. The summed E-state index contributed by atoms with van der Waals surface area (Å²) in [6, 6.07) is 10.7. The van der Waals surface area contributed by atoms with Crippen LogP contribution in [0, 0.1) is 19.2 Å². The molecule has 0 aliphatic heterocycles. The monoisotopic (exact) mass is 187 g/mol. The van der Waals surface area contributed by atoms with Crippen molar-refractivity contribution in [3.63, 3.8) is 0 Å². The third kappa shape index (κ3) is 1.81. The topological polar surface area (TPSA) is 0 Å². The molecule has 2 rings (SSSR count). The zero-order valence-electron chi connectivity index (χ0n) is 7.79. The van der Waals surface area contributed by atoms with Crippen LogP contribution in [0.3, 0.4) is 0 Å². The fraction of sp³-hybridized carbons (Fsp3) is 0.167. The number of hydrogen-bond acceptors (Lipinski definition) is 1. The molecule has 1 heterocycles. The molecule has 0 aliphatic rings. The Kier molecular flexibility index (Phi) is 2.19. The van der Waals surface area contributed by atoms with E-state index in [0.29, 0.717) is 0 Å². The van der Waals surface area contributed by atoms with Crippen LogP contribution in [0.5, 0.6) is 0 Å². The molecule has 0 N–H and O–H groups in total. The van der Waals surface area contributed by atoms with Crippen LogP contribution < -0.4 is 0 Å². The molecule has 1 aromatic heterocycles. The molecule has 2 aromatic rings. The molecule has 1 aromatic carbocycles. The molecule has 13 heavy (non-hydrogen) atoms. The van der Waals surface area contributed by atoms with E-state index in [1.165, 1.54) is 21.6 Å². The highest BCUT2D eigenvalue weighted by molar-refractivity contribution is 7.13. The zero-order valence-corrected chi connectivity index (χ0v) is 8.61. The third-order valence-electron chi connectivity index (χ3n) is 1.97. The highest BCUT2D eigenvalue weighted by Gasteiger charge is 1.99. The highest BCUT2D eigenvalue weighted by Crippen LogP contribution is 2.26.